The molecule has 6 heteroatoms. The number of rotatable bonds is 4. The molecular formula is C19H22N4O2. The molecule has 3 heterocycles. The lowest BCUT2D eigenvalue weighted by molar-refractivity contribution is 0.0952. The lowest BCUT2D eigenvalue weighted by Gasteiger charge is -2.10. The van der Waals surface area contributed by atoms with E-state index in [1.54, 1.807) is 6.20 Å². The van der Waals surface area contributed by atoms with Gasteiger partial charge in [-0.05, 0) is 52.7 Å². The summed E-state index contributed by atoms with van der Waals surface area (Å²) >= 11 is 0. The summed E-state index contributed by atoms with van der Waals surface area (Å²) in [5.41, 5.74) is 3.00. The van der Waals surface area contributed by atoms with Crippen molar-refractivity contribution in [1.29, 1.82) is 0 Å². The molecule has 6 nitrogen and oxygen atoms in total. The molecule has 0 aliphatic heterocycles. The maximum atomic E-state index is 12.8. The van der Waals surface area contributed by atoms with Crippen LogP contribution in [0.4, 0.5) is 0 Å². The Hall–Kier alpha value is -2.63. The zero-order valence-corrected chi connectivity index (χ0v) is 15.0. The number of carbonyl (C=O) groups is 1. The van der Waals surface area contributed by atoms with Crippen molar-refractivity contribution in [1.82, 2.24) is 20.1 Å². The molecule has 0 unspecified atom stereocenters. The minimum atomic E-state index is -0.0580. The molecule has 25 heavy (non-hydrogen) atoms. The molecule has 1 saturated carbocycles. The minimum absolute atomic E-state index is 0.0580. The van der Waals surface area contributed by atoms with Crippen LogP contribution in [-0.4, -0.2) is 26.7 Å². The first-order chi connectivity index (χ1) is 11.9. The third-order valence-electron chi connectivity index (χ3n) is 4.53. The van der Waals surface area contributed by atoms with Crippen molar-refractivity contribution in [3.63, 3.8) is 0 Å². The van der Waals surface area contributed by atoms with Crippen LogP contribution < -0.4 is 5.32 Å². The fraction of sp³-hybridized carbons (Fsp3) is 0.421. The summed E-state index contributed by atoms with van der Waals surface area (Å²) in [6.45, 7) is 7.93. The predicted octanol–water partition coefficient (Wildman–Crippen LogP) is 3.78. The Labute approximate surface area is 146 Å². The summed E-state index contributed by atoms with van der Waals surface area (Å²) in [6, 6.07) is 4.27. The van der Waals surface area contributed by atoms with E-state index in [1.807, 2.05) is 30.7 Å². The number of nitrogens with zero attached hydrogens (tertiary/aromatic N) is 3. The van der Waals surface area contributed by atoms with Crippen LogP contribution in [-0.2, 0) is 0 Å². The SMILES string of the molecule is Cc1cc(-c2cc(C(=O)NC3CC3)c3cnn(C(C)C)c3n2)c(C)o1. The van der Waals surface area contributed by atoms with Gasteiger partial charge in [-0.25, -0.2) is 9.67 Å². The van der Waals surface area contributed by atoms with E-state index >= 15 is 0 Å². The molecule has 130 valence electrons. The first kappa shape index (κ1) is 15.9. The Morgan fingerprint density at radius 1 is 1.32 bits per heavy atom. The lowest BCUT2D eigenvalue weighted by Crippen LogP contribution is -2.25. The average Bonchev–Trinajstić information content (AvgIpc) is 3.15. The molecule has 1 N–H and O–H groups in total. The van der Waals surface area contributed by atoms with Gasteiger partial charge < -0.3 is 9.73 Å². The van der Waals surface area contributed by atoms with Crippen LogP contribution in [0.15, 0.2) is 22.7 Å². The van der Waals surface area contributed by atoms with E-state index in [4.69, 9.17) is 9.40 Å². The van der Waals surface area contributed by atoms with E-state index in [1.165, 1.54) is 0 Å². The van der Waals surface area contributed by atoms with Crippen LogP contribution >= 0.6 is 0 Å². The molecule has 0 spiro atoms. The van der Waals surface area contributed by atoms with Crippen LogP contribution in [0, 0.1) is 13.8 Å². The Bertz CT molecular complexity index is 963. The maximum absolute atomic E-state index is 12.8. The van der Waals surface area contributed by atoms with Crippen molar-refractivity contribution >= 4 is 16.9 Å². The number of furan rings is 1. The second kappa shape index (κ2) is 5.72. The minimum Gasteiger partial charge on any atom is -0.466 e. The quantitative estimate of drug-likeness (QED) is 0.786. The van der Waals surface area contributed by atoms with E-state index in [0.717, 1.165) is 46.7 Å². The molecule has 3 aromatic rings. The predicted molar refractivity (Wildman–Crippen MR) is 95.6 cm³/mol. The van der Waals surface area contributed by atoms with Crippen LogP contribution in [0.5, 0.6) is 0 Å². The fourth-order valence-electron chi connectivity index (χ4n) is 3.10. The van der Waals surface area contributed by atoms with Crippen LogP contribution in [0.2, 0.25) is 0 Å². The summed E-state index contributed by atoms with van der Waals surface area (Å²) in [6.07, 6.45) is 3.84. The van der Waals surface area contributed by atoms with Gasteiger partial charge in [0.2, 0.25) is 0 Å². The summed E-state index contributed by atoms with van der Waals surface area (Å²) < 4.78 is 7.51. The van der Waals surface area contributed by atoms with E-state index in [0.29, 0.717) is 11.6 Å². The molecule has 0 radical (unpaired) electrons. The van der Waals surface area contributed by atoms with Gasteiger partial charge >= 0.3 is 0 Å². The number of nitrogens with one attached hydrogen (secondary N) is 1. The number of hydrogen-bond acceptors (Lipinski definition) is 4. The van der Waals surface area contributed by atoms with Gasteiger partial charge in [0.15, 0.2) is 5.65 Å². The second-order valence-electron chi connectivity index (χ2n) is 7.05. The number of aromatic nitrogens is 3. The fourth-order valence-corrected chi connectivity index (χ4v) is 3.10. The van der Waals surface area contributed by atoms with Crippen molar-refractivity contribution in [2.45, 2.75) is 52.6 Å². The monoisotopic (exact) mass is 338 g/mol. The van der Waals surface area contributed by atoms with Gasteiger partial charge in [-0.2, -0.15) is 5.10 Å². The van der Waals surface area contributed by atoms with Crippen LogP contribution in [0.25, 0.3) is 22.3 Å². The van der Waals surface area contributed by atoms with Crippen molar-refractivity contribution in [2.75, 3.05) is 0 Å². The lowest BCUT2D eigenvalue weighted by atomic mass is 10.1. The molecule has 4 rings (SSSR count). The number of fused-ring (bicyclic) bond motifs is 1. The maximum Gasteiger partial charge on any atom is 0.252 e. The number of aryl methyl sites for hydroxylation is 2. The zero-order chi connectivity index (χ0) is 17.7. The number of hydrogen-bond donors (Lipinski definition) is 1. The molecule has 0 atom stereocenters. The van der Waals surface area contributed by atoms with Crippen LogP contribution in [0.3, 0.4) is 0 Å². The van der Waals surface area contributed by atoms with Crippen molar-refractivity contribution in [3.05, 3.63) is 35.4 Å². The van der Waals surface area contributed by atoms with E-state index in [2.05, 4.69) is 24.3 Å². The smallest absolute Gasteiger partial charge is 0.252 e. The van der Waals surface area contributed by atoms with Gasteiger partial charge in [-0.15, -0.1) is 0 Å². The Morgan fingerprint density at radius 2 is 2.08 bits per heavy atom. The summed E-state index contributed by atoms with van der Waals surface area (Å²) in [7, 11) is 0. The molecule has 1 aliphatic rings. The summed E-state index contributed by atoms with van der Waals surface area (Å²) in [4.78, 5) is 17.6. The molecule has 1 aliphatic carbocycles. The summed E-state index contributed by atoms with van der Waals surface area (Å²) in [5.74, 6) is 1.57. The molecule has 0 saturated heterocycles. The van der Waals surface area contributed by atoms with Gasteiger partial charge in [0.05, 0.1) is 22.8 Å². The Balaban J connectivity index is 1.92. The highest BCUT2D eigenvalue weighted by atomic mass is 16.3. The molecule has 0 aromatic carbocycles. The van der Waals surface area contributed by atoms with E-state index in [9.17, 15) is 4.79 Å². The van der Waals surface area contributed by atoms with Gasteiger partial charge in [-0.3, -0.25) is 4.79 Å². The molecular weight excluding hydrogens is 316 g/mol. The van der Waals surface area contributed by atoms with Gasteiger partial charge in [0, 0.05) is 17.6 Å². The number of pyridine rings is 1. The highest BCUT2D eigenvalue weighted by molar-refractivity contribution is 6.06. The molecule has 1 fully saturated rings. The molecule has 1 amide bonds. The molecule has 3 aromatic heterocycles. The zero-order valence-electron chi connectivity index (χ0n) is 15.0. The normalized spacial score (nSPS) is 14.4. The van der Waals surface area contributed by atoms with E-state index < -0.39 is 0 Å². The third kappa shape index (κ3) is 2.81. The highest BCUT2D eigenvalue weighted by Crippen LogP contribution is 2.30. The average molecular weight is 338 g/mol. The second-order valence-corrected chi connectivity index (χ2v) is 7.05. The Morgan fingerprint density at radius 3 is 2.68 bits per heavy atom. The van der Waals surface area contributed by atoms with Crippen molar-refractivity contribution in [3.8, 4) is 11.3 Å². The number of amides is 1. The topological polar surface area (TPSA) is 73.0 Å². The van der Waals surface area contributed by atoms with E-state index in [-0.39, 0.29) is 11.9 Å². The van der Waals surface area contributed by atoms with Crippen molar-refractivity contribution in [2.24, 2.45) is 0 Å². The summed E-state index contributed by atoms with van der Waals surface area (Å²) in [5, 5.41) is 8.30. The standard InChI is InChI=1S/C19H22N4O2/c1-10(2)23-18-16(9-20-23)15(19(24)21-13-5-6-13)8-17(22-18)14-7-11(3)25-12(14)4/h7-10,13H,5-6H2,1-4H3,(H,21,24). The third-order valence-corrected chi connectivity index (χ3v) is 4.53. The van der Waals surface area contributed by atoms with Gasteiger partial charge in [0.1, 0.15) is 11.5 Å². The van der Waals surface area contributed by atoms with Gasteiger partial charge in [0.25, 0.3) is 5.91 Å². The first-order valence-corrected chi connectivity index (χ1v) is 8.70. The molecule has 0 bridgehead atoms. The van der Waals surface area contributed by atoms with Gasteiger partial charge in [-0.1, -0.05) is 0 Å². The highest BCUT2D eigenvalue weighted by Gasteiger charge is 2.26. The van der Waals surface area contributed by atoms with Crippen LogP contribution in [0.1, 0.15) is 54.6 Å². The number of carbonyl (C=O) groups excluding carboxylic acids is 1. The first-order valence-electron chi connectivity index (χ1n) is 8.70. The van der Waals surface area contributed by atoms with Crippen molar-refractivity contribution < 1.29 is 9.21 Å². The largest absolute Gasteiger partial charge is 0.466 e. The Kier molecular flexibility index (Phi) is 3.63.